The van der Waals surface area contributed by atoms with Crippen LogP contribution < -0.4 is 0 Å². The van der Waals surface area contributed by atoms with Crippen molar-refractivity contribution >= 4 is 22.7 Å². The lowest BCUT2D eigenvalue weighted by Crippen LogP contribution is -1.84. The van der Waals surface area contributed by atoms with Gasteiger partial charge in [0.05, 0.1) is 44.7 Å². The van der Waals surface area contributed by atoms with Gasteiger partial charge in [0.25, 0.3) is 0 Å². The van der Waals surface area contributed by atoms with Gasteiger partial charge in [-0.2, -0.15) is 10.5 Å². The third kappa shape index (κ3) is 5.89. The van der Waals surface area contributed by atoms with Crippen molar-refractivity contribution in [3.05, 3.63) is 109 Å². The second kappa shape index (κ2) is 12.0. The van der Waals surface area contributed by atoms with E-state index in [1.165, 1.54) is 34.8 Å². The van der Waals surface area contributed by atoms with Gasteiger partial charge in [0, 0.05) is 48.3 Å². The lowest BCUT2D eigenvalue weighted by atomic mass is 10.2. The molecule has 6 aromatic rings. The molecule has 0 aliphatic rings. The number of thiazole rings is 2. The van der Waals surface area contributed by atoms with Crippen LogP contribution in [0.3, 0.4) is 0 Å². The molecule has 6 rings (SSSR count). The fraction of sp³-hybridized carbons (Fsp3) is 0. The predicted molar refractivity (Wildman–Crippen MR) is 146 cm³/mol. The lowest BCUT2D eigenvalue weighted by Gasteiger charge is -1.97. The van der Waals surface area contributed by atoms with Gasteiger partial charge in [-0.1, -0.05) is 0 Å². The molecular formula is C28H14F2N8S2. The maximum Gasteiger partial charge on any atom is 0.142 e. The molecule has 0 amide bonds. The molecule has 0 unspecified atom stereocenters. The molecule has 0 atom stereocenters. The number of pyridine rings is 4. The monoisotopic (exact) mass is 564 g/mol. The van der Waals surface area contributed by atoms with Crippen molar-refractivity contribution < 1.29 is 8.78 Å². The van der Waals surface area contributed by atoms with Crippen LogP contribution in [0.2, 0.25) is 0 Å². The number of hydrogen-bond acceptors (Lipinski definition) is 10. The average Bonchev–Trinajstić information content (AvgIpc) is 3.68. The molecule has 40 heavy (non-hydrogen) atoms. The van der Waals surface area contributed by atoms with E-state index in [2.05, 4.69) is 42.0 Å². The fourth-order valence-corrected chi connectivity index (χ4v) is 5.29. The zero-order chi connectivity index (χ0) is 27.9. The third-order valence-electron chi connectivity index (χ3n) is 5.24. The summed E-state index contributed by atoms with van der Waals surface area (Å²) in [7, 11) is 0. The minimum absolute atomic E-state index is 0.408. The van der Waals surface area contributed by atoms with Crippen molar-refractivity contribution in [2.75, 3.05) is 0 Å². The highest BCUT2D eigenvalue weighted by Crippen LogP contribution is 2.33. The normalized spacial score (nSPS) is 10.2. The summed E-state index contributed by atoms with van der Waals surface area (Å²) < 4.78 is 26.3. The topological polar surface area (TPSA) is 125 Å². The Hall–Kier alpha value is -5.30. The van der Waals surface area contributed by atoms with Crippen molar-refractivity contribution in [1.29, 1.82) is 10.5 Å². The highest BCUT2D eigenvalue weighted by molar-refractivity contribution is 7.18. The molecule has 12 heteroatoms. The van der Waals surface area contributed by atoms with Crippen molar-refractivity contribution in [2.45, 2.75) is 0 Å². The maximum atomic E-state index is 13.2. The molecule has 8 nitrogen and oxygen atoms in total. The Bertz CT molecular complexity index is 1750. The van der Waals surface area contributed by atoms with E-state index in [0.717, 1.165) is 22.1 Å². The number of hydrogen-bond donors (Lipinski definition) is 0. The summed E-state index contributed by atoms with van der Waals surface area (Å²) in [6.07, 6.45) is 11.9. The highest BCUT2D eigenvalue weighted by atomic mass is 32.1. The largest absolute Gasteiger partial charge is 0.261 e. The molecule has 0 N–H and O–H groups in total. The zero-order valence-electron chi connectivity index (χ0n) is 20.2. The van der Waals surface area contributed by atoms with Crippen molar-refractivity contribution in [3.63, 3.8) is 0 Å². The van der Waals surface area contributed by atoms with Crippen LogP contribution in [0.25, 0.3) is 42.3 Å². The quantitative estimate of drug-likeness (QED) is 0.236. The SMILES string of the molecule is N#Cc1cccnc1-c1cnc(-c2cncc(F)c2)s1.N#Cc1cccnc1-c1cnc(-c2cncc(F)c2)s1. The lowest BCUT2D eigenvalue weighted by molar-refractivity contribution is 0.621. The van der Waals surface area contributed by atoms with E-state index < -0.39 is 11.6 Å². The summed E-state index contributed by atoms with van der Waals surface area (Å²) in [6, 6.07) is 13.8. The fourth-order valence-electron chi connectivity index (χ4n) is 3.48. The van der Waals surface area contributed by atoms with Crippen LogP contribution >= 0.6 is 22.7 Å². The first kappa shape index (κ1) is 26.3. The average molecular weight is 565 g/mol. The van der Waals surface area contributed by atoms with E-state index in [9.17, 15) is 8.78 Å². The van der Waals surface area contributed by atoms with Crippen LogP contribution in [-0.2, 0) is 0 Å². The van der Waals surface area contributed by atoms with Crippen molar-refractivity contribution in [2.24, 2.45) is 0 Å². The van der Waals surface area contributed by atoms with E-state index in [0.29, 0.717) is 43.7 Å². The van der Waals surface area contributed by atoms with Crippen LogP contribution in [0.15, 0.2) is 86.0 Å². The molecule has 0 spiro atoms. The number of aromatic nitrogens is 6. The van der Waals surface area contributed by atoms with E-state index in [-0.39, 0.29) is 0 Å². The summed E-state index contributed by atoms with van der Waals surface area (Å²) in [4.78, 5) is 26.0. The van der Waals surface area contributed by atoms with Gasteiger partial charge >= 0.3 is 0 Å². The highest BCUT2D eigenvalue weighted by Gasteiger charge is 2.13. The Labute approximate surface area is 234 Å². The Morgan fingerprint density at radius 2 is 1.05 bits per heavy atom. The minimum Gasteiger partial charge on any atom is -0.261 e. The molecule has 0 bridgehead atoms. The van der Waals surface area contributed by atoms with Gasteiger partial charge in [-0.05, 0) is 36.4 Å². The smallest absolute Gasteiger partial charge is 0.142 e. The number of rotatable bonds is 4. The Balaban J connectivity index is 0.000000161. The van der Waals surface area contributed by atoms with Gasteiger partial charge in [-0.25, -0.2) is 18.7 Å². The maximum absolute atomic E-state index is 13.2. The Morgan fingerprint density at radius 1 is 0.600 bits per heavy atom. The summed E-state index contributed by atoms with van der Waals surface area (Å²) in [5, 5.41) is 19.4. The molecule has 0 aliphatic heterocycles. The summed E-state index contributed by atoms with van der Waals surface area (Å²) in [5.74, 6) is -0.815. The van der Waals surface area contributed by atoms with E-state index >= 15 is 0 Å². The zero-order valence-corrected chi connectivity index (χ0v) is 21.9. The molecule has 6 aromatic heterocycles. The molecular weight excluding hydrogens is 550 g/mol. The summed E-state index contributed by atoms with van der Waals surface area (Å²) in [6.45, 7) is 0. The molecule has 6 heterocycles. The summed E-state index contributed by atoms with van der Waals surface area (Å²) >= 11 is 2.69. The Morgan fingerprint density at radius 3 is 1.45 bits per heavy atom. The van der Waals surface area contributed by atoms with E-state index in [1.54, 1.807) is 61.4 Å². The van der Waals surface area contributed by atoms with Gasteiger partial charge in [-0.3, -0.25) is 19.9 Å². The first-order valence-electron chi connectivity index (χ1n) is 11.4. The third-order valence-corrected chi connectivity index (χ3v) is 7.34. The van der Waals surface area contributed by atoms with Crippen LogP contribution in [0.4, 0.5) is 8.78 Å². The number of nitrogens with zero attached hydrogens (tertiary/aromatic N) is 8. The molecule has 0 aromatic carbocycles. The Kier molecular flexibility index (Phi) is 7.92. The second-order valence-corrected chi connectivity index (χ2v) is 9.93. The van der Waals surface area contributed by atoms with E-state index in [1.807, 2.05) is 0 Å². The molecule has 0 saturated carbocycles. The van der Waals surface area contributed by atoms with Gasteiger partial charge < -0.3 is 0 Å². The van der Waals surface area contributed by atoms with Gasteiger partial charge in [0.2, 0.25) is 0 Å². The summed E-state index contributed by atoms with van der Waals surface area (Å²) in [5.41, 5.74) is 3.36. The van der Waals surface area contributed by atoms with E-state index in [4.69, 9.17) is 10.5 Å². The van der Waals surface area contributed by atoms with Crippen LogP contribution in [-0.4, -0.2) is 29.9 Å². The van der Waals surface area contributed by atoms with Crippen LogP contribution in [0, 0.1) is 34.3 Å². The molecule has 0 radical (unpaired) electrons. The first-order valence-corrected chi connectivity index (χ1v) is 13.0. The van der Waals surface area contributed by atoms with Gasteiger partial charge in [0.15, 0.2) is 0 Å². The first-order chi connectivity index (χ1) is 19.6. The second-order valence-electron chi connectivity index (χ2n) is 7.87. The van der Waals surface area contributed by atoms with Crippen LogP contribution in [0.5, 0.6) is 0 Å². The molecule has 192 valence electrons. The molecule has 0 aliphatic carbocycles. The van der Waals surface area contributed by atoms with Crippen LogP contribution in [0.1, 0.15) is 11.1 Å². The number of halogens is 2. The minimum atomic E-state index is -0.408. The molecule has 0 fully saturated rings. The predicted octanol–water partition coefficient (Wildman–Crippen LogP) is 6.56. The van der Waals surface area contributed by atoms with Crippen molar-refractivity contribution in [1.82, 2.24) is 29.9 Å². The van der Waals surface area contributed by atoms with Gasteiger partial charge in [-0.15, -0.1) is 22.7 Å². The molecule has 0 saturated heterocycles. The standard InChI is InChI=1S/2C14H7FN4S/c2*15-11-4-10(6-17-7-11)14-19-8-12(20-14)13-9(5-16)2-1-3-18-13/h2*1-4,6-8H. The van der Waals surface area contributed by atoms with Crippen molar-refractivity contribution in [3.8, 4) is 54.4 Å². The number of nitriles is 2. The van der Waals surface area contributed by atoms with Gasteiger partial charge in [0.1, 0.15) is 33.8 Å².